The average molecular weight is 288 g/mol. The zero-order valence-corrected chi connectivity index (χ0v) is 13.0. The van der Waals surface area contributed by atoms with Gasteiger partial charge in [0.1, 0.15) is 5.75 Å². The number of hydrogen-bond acceptors (Lipinski definition) is 3. The minimum Gasteiger partial charge on any atom is -0.508 e. The standard InChI is InChI=1S/C15H25NO2.ClH/c1-9(2)5-6-13(18)15(16)14-10(3)7-12(17)8-11(14)4;/h7-9,13,15,17-18H,5-6,16H2,1-4H3;1H/t13-,15-;/m1./s1. The molecule has 0 amide bonds. The Morgan fingerprint density at radius 3 is 2.00 bits per heavy atom. The molecule has 0 aliphatic heterocycles. The third-order valence-corrected chi connectivity index (χ3v) is 3.37. The van der Waals surface area contributed by atoms with Crippen LogP contribution >= 0.6 is 12.4 Å². The van der Waals surface area contributed by atoms with Crippen molar-refractivity contribution in [2.45, 2.75) is 52.7 Å². The molecule has 1 rings (SSSR count). The van der Waals surface area contributed by atoms with Gasteiger partial charge in [-0.05, 0) is 61.4 Å². The van der Waals surface area contributed by atoms with Crippen LogP contribution in [0.1, 0.15) is 49.4 Å². The Labute approximate surface area is 122 Å². The number of aliphatic hydroxyl groups is 1. The first-order chi connectivity index (χ1) is 8.32. The molecule has 0 saturated heterocycles. The summed E-state index contributed by atoms with van der Waals surface area (Å²) in [7, 11) is 0. The lowest BCUT2D eigenvalue weighted by Crippen LogP contribution is -2.28. The summed E-state index contributed by atoms with van der Waals surface area (Å²) in [6.07, 6.45) is 1.14. The van der Waals surface area contributed by atoms with Crippen molar-refractivity contribution in [3.8, 4) is 5.75 Å². The number of phenolic OH excluding ortho intramolecular Hbond substituents is 1. The maximum atomic E-state index is 10.2. The first kappa shape index (κ1) is 18.2. The number of halogens is 1. The fourth-order valence-corrected chi connectivity index (χ4v) is 2.35. The molecule has 0 heterocycles. The number of nitrogens with two attached hydrogens (primary N) is 1. The predicted molar refractivity (Wildman–Crippen MR) is 81.8 cm³/mol. The quantitative estimate of drug-likeness (QED) is 0.779. The molecule has 0 aromatic heterocycles. The fourth-order valence-electron chi connectivity index (χ4n) is 2.35. The van der Waals surface area contributed by atoms with Gasteiger partial charge >= 0.3 is 0 Å². The minimum atomic E-state index is -0.533. The maximum Gasteiger partial charge on any atom is 0.116 e. The Hall–Kier alpha value is -0.770. The Morgan fingerprint density at radius 1 is 1.11 bits per heavy atom. The van der Waals surface area contributed by atoms with Crippen molar-refractivity contribution in [3.05, 3.63) is 28.8 Å². The van der Waals surface area contributed by atoms with Gasteiger partial charge < -0.3 is 15.9 Å². The van der Waals surface area contributed by atoms with Crippen LogP contribution in [0.5, 0.6) is 5.75 Å². The zero-order valence-electron chi connectivity index (χ0n) is 12.2. The highest BCUT2D eigenvalue weighted by Crippen LogP contribution is 2.28. The second kappa shape index (κ2) is 7.73. The molecule has 0 spiro atoms. The third kappa shape index (κ3) is 5.01. The molecule has 19 heavy (non-hydrogen) atoms. The van der Waals surface area contributed by atoms with Gasteiger partial charge in [0.2, 0.25) is 0 Å². The predicted octanol–water partition coefficient (Wildman–Crippen LogP) is 3.23. The first-order valence-corrected chi connectivity index (χ1v) is 6.56. The van der Waals surface area contributed by atoms with Gasteiger partial charge in [0, 0.05) is 0 Å². The molecule has 1 aromatic rings. The minimum absolute atomic E-state index is 0. The molecule has 4 heteroatoms. The Morgan fingerprint density at radius 2 is 1.58 bits per heavy atom. The van der Waals surface area contributed by atoms with Gasteiger partial charge in [-0.1, -0.05) is 13.8 Å². The zero-order chi connectivity index (χ0) is 13.9. The summed E-state index contributed by atoms with van der Waals surface area (Å²) in [5.74, 6) is 0.812. The van der Waals surface area contributed by atoms with Crippen LogP contribution in [0.3, 0.4) is 0 Å². The highest BCUT2D eigenvalue weighted by Gasteiger charge is 2.20. The molecule has 0 radical (unpaired) electrons. The number of rotatable bonds is 5. The van der Waals surface area contributed by atoms with Crippen LogP contribution in [0.2, 0.25) is 0 Å². The van der Waals surface area contributed by atoms with Crippen LogP contribution in [0.15, 0.2) is 12.1 Å². The molecule has 0 bridgehead atoms. The van der Waals surface area contributed by atoms with Crippen molar-refractivity contribution in [2.75, 3.05) is 0 Å². The molecule has 0 aliphatic rings. The SMILES string of the molecule is Cc1cc(O)cc(C)c1[C@H](N)[C@H](O)CCC(C)C.Cl. The van der Waals surface area contributed by atoms with Crippen molar-refractivity contribution in [1.29, 1.82) is 0 Å². The highest BCUT2D eigenvalue weighted by atomic mass is 35.5. The average Bonchev–Trinajstić information content (AvgIpc) is 2.24. The largest absolute Gasteiger partial charge is 0.508 e. The van der Waals surface area contributed by atoms with E-state index in [0.29, 0.717) is 12.3 Å². The van der Waals surface area contributed by atoms with Crippen molar-refractivity contribution < 1.29 is 10.2 Å². The molecular formula is C15H26ClNO2. The van der Waals surface area contributed by atoms with E-state index in [1.807, 2.05) is 13.8 Å². The van der Waals surface area contributed by atoms with E-state index in [0.717, 1.165) is 23.1 Å². The number of hydrogen-bond donors (Lipinski definition) is 3. The summed E-state index contributed by atoms with van der Waals surface area (Å²) >= 11 is 0. The lowest BCUT2D eigenvalue weighted by atomic mass is 9.90. The molecule has 0 fully saturated rings. The molecule has 0 saturated carbocycles. The van der Waals surface area contributed by atoms with Crippen LogP contribution < -0.4 is 5.73 Å². The van der Waals surface area contributed by atoms with E-state index in [1.54, 1.807) is 12.1 Å². The van der Waals surface area contributed by atoms with E-state index in [4.69, 9.17) is 5.73 Å². The van der Waals surface area contributed by atoms with Crippen molar-refractivity contribution in [1.82, 2.24) is 0 Å². The van der Waals surface area contributed by atoms with Crippen molar-refractivity contribution >= 4 is 12.4 Å². The Balaban J connectivity index is 0.00000324. The monoisotopic (exact) mass is 287 g/mol. The summed E-state index contributed by atoms with van der Waals surface area (Å²) < 4.78 is 0. The molecule has 0 unspecified atom stereocenters. The van der Waals surface area contributed by atoms with Gasteiger partial charge in [-0.25, -0.2) is 0 Å². The van der Waals surface area contributed by atoms with E-state index < -0.39 is 6.10 Å². The van der Waals surface area contributed by atoms with Gasteiger partial charge in [0.15, 0.2) is 0 Å². The molecule has 2 atom stereocenters. The summed E-state index contributed by atoms with van der Waals surface area (Å²) in [5, 5.41) is 19.7. The van der Waals surface area contributed by atoms with E-state index >= 15 is 0 Å². The lowest BCUT2D eigenvalue weighted by molar-refractivity contribution is 0.128. The van der Waals surface area contributed by atoms with E-state index in [9.17, 15) is 10.2 Å². The number of aliphatic hydroxyl groups excluding tert-OH is 1. The summed E-state index contributed by atoms with van der Waals surface area (Å²) in [4.78, 5) is 0. The van der Waals surface area contributed by atoms with Crippen LogP contribution in [0, 0.1) is 19.8 Å². The van der Waals surface area contributed by atoms with Crippen LogP contribution in [-0.2, 0) is 0 Å². The smallest absolute Gasteiger partial charge is 0.116 e. The van der Waals surface area contributed by atoms with Crippen LogP contribution in [0.4, 0.5) is 0 Å². The number of phenols is 1. The van der Waals surface area contributed by atoms with E-state index in [-0.39, 0.29) is 24.2 Å². The molecule has 4 N–H and O–H groups in total. The van der Waals surface area contributed by atoms with Gasteiger partial charge in [-0.15, -0.1) is 12.4 Å². The number of benzene rings is 1. The Bertz CT molecular complexity index is 384. The number of aryl methyl sites for hydroxylation is 2. The summed E-state index contributed by atoms with van der Waals surface area (Å²) in [6.45, 7) is 8.10. The van der Waals surface area contributed by atoms with E-state index in [2.05, 4.69) is 13.8 Å². The molecule has 1 aromatic carbocycles. The lowest BCUT2D eigenvalue weighted by Gasteiger charge is -2.23. The van der Waals surface area contributed by atoms with Gasteiger partial charge in [0.05, 0.1) is 12.1 Å². The normalized spacial score (nSPS) is 14.1. The molecule has 3 nitrogen and oxygen atoms in total. The van der Waals surface area contributed by atoms with Crippen LogP contribution in [-0.4, -0.2) is 16.3 Å². The van der Waals surface area contributed by atoms with Crippen LogP contribution in [0.25, 0.3) is 0 Å². The third-order valence-electron chi connectivity index (χ3n) is 3.37. The van der Waals surface area contributed by atoms with Gasteiger partial charge in [0.25, 0.3) is 0 Å². The van der Waals surface area contributed by atoms with Crippen molar-refractivity contribution in [2.24, 2.45) is 11.7 Å². The molecule has 0 aliphatic carbocycles. The molecular weight excluding hydrogens is 262 g/mol. The summed E-state index contributed by atoms with van der Waals surface area (Å²) in [5.41, 5.74) is 8.96. The molecule has 110 valence electrons. The number of aromatic hydroxyl groups is 1. The van der Waals surface area contributed by atoms with Gasteiger partial charge in [-0.2, -0.15) is 0 Å². The maximum absolute atomic E-state index is 10.2. The second-order valence-corrected chi connectivity index (χ2v) is 5.56. The van der Waals surface area contributed by atoms with E-state index in [1.165, 1.54) is 0 Å². The topological polar surface area (TPSA) is 66.5 Å². The summed E-state index contributed by atoms with van der Waals surface area (Å²) in [6, 6.07) is 3.00. The van der Waals surface area contributed by atoms with Gasteiger partial charge in [-0.3, -0.25) is 0 Å². The van der Waals surface area contributed by atoms with Crippen molar-refractivity contribution in [3.63, 3.8) is 0 Å². The first-order valence-electron chi connectivity index (χ1n) is 6.56. The fraction of sp³-hybridized carbons (Fsp3) is 0.600. The second-order valence-electron chi connectivity index (χ2n) is 5.56. The Kier molecular flexibility index (Phi) is 7.42. The highest BCUT2D eigenvalue weighted by molar-refractivity contribution is 5.85.